The van der Waals surface area contributed by atoms with E-state index < -0.39 is 46.8 Å². The van der Waals surface area contributed by atoms with Crippen molar-refractivity contribution < 1.29 is 45.2 Å². The number of alkyl halides is 7. The molecule has 0 N–H and O–H groups in total. The SMILES string of the molecule is O=C(OCc1cc(Cl)ccc1[N+](=O)[O-])C(F)(F)C(F)(F)C(F)(F)F. The highest BCUT2D eigenvalue weighted by molar-refractivity contribution is 6.30. The molecule has 0 spiro atoms. The summed E-state index contributed by atoms with van der Waals surface area (Å²) in [5.41, 5.74) is -1.34. The number of rotatable bonds is 5. The molecule has 1 rings (SSSR count). The molecule has 13 heteroatoms. The second kappa shape index (κ2) is 6.42. The van der Waals surface area contributed by atoms with Crippen LogP contribution in [0.15, 0.2) is 18.2 Å². The van der Waals surface area contributed by atoms with Crippen molar-refractivity contribution in [3.05, 3.63) is 38.9 Å². The van der Waals surface area contributed by atoms with Gasteiger partial charge >= 0.3 is 24.0 Å². The maximum absolute atomic E-state index is 13.0. The Labute approximate surface area is 133 Å². The minimum atomic E-state index is -6.71. The monoisotopic (exact) mass is 383 g/mol. The van der Waals surface area contributed by atoms with Gasteiger partial charge in [0.05, 0.1) is 10.5 Å². The van der Waals surface area contributed by atoms with Crippen LogP contribution in [0.3, 0.4) is 0 Å². The van der Waals surface area contributed by atoms with Crippen molar-refractivity contribution in [1.29, 1.82) is 0 Å². The van der Waals surface area contributed by atoms with Gasteiger partial charge in [0.25, 0.3) is 5.69 Å². The quantitative estimate of drug-likeness (QED) is 0.332. The number of ether oxygens (including phenoxy) is 1. The summed E-state index contributed by atoms with van der Waals surface area (Å²) in [5.74, 6) is -16.1. The summed E-state index contributed by atoms with van der Waals surface area (Å²) in [7, 11) is 0. The third kappa shape index (κ3) is 3.68. The molecule has 0 aliphatic carbocycles. The van der Waals surface area contributed by atoms with Crippen LogP contribution in [-0.4, -0.2) is 28.9 Å². The molecule has 134 valence electrons. The second-order valence-electron chi connectivity index (χ2n) is 4.25. The summed E-state index contributed by atoms with van der Waals surface area (Å²) >= 11 is 5.48. The van der Waals surface area contributed by atoms with E-state index in [0.717, 1.165) is 18.2 Å². The highest BCUT2D eigenvalue weighted by Crippen LogP contribution is 2.47. The lowest BCUT2D eigenvalue weighted by Crippen LogP contribution is -2.56. The topological polar surface area (TPSA) is 69.4 Å². The summed E-state index contributed by atoms with van der Waals surface area (Å²) in [6.07, 6.45) is -6.71. The van der Waals surface area contributed by atoms with Crippen LogP contribution >= 0.6 is 11.6 Å². The summed E-state index contributed by atoms with van der Waals surface area (Å²) in [4.78, 5) is 20.6. The van der Waals surface area contributed by atoms with Crippen LogP contribution in [0.1, 0.15) is 5.56 Å². The van der Waals surface area contributed by atoms with Crippen LogP contribution in [0.25, 0.3) is 0 Å². The molecule has 0 amide bonds. The number of benzene rings is 1. The summed E-state index contributed by atoms with van der Waals surface area (Å²) in [6.45, 7) is -1.36. The van der Waals surface area contributed by atoms with Gasteiger partial charge in [0.1, 0.15) is 6.61 Å². The van der Waals surface area contributed by atoms with E-state index in [4.69, 9.17) is 11.6 Å². The zero-order valence-electron chi connectivity index (χ0n) is 11.0. The van der Waals surface area contributed by atoms with E-state index in [1.54, 1.807) is 0 Å². The third-order valence-corrected chi connectivity index (χ3v) is 2.84. The van der Waals surface area contributed by atoms with Crippen molar-refractivity contribution in [2.45, 2.75) is 24.6 Å². The molecule has 0 unspecified atom stereocenters. The number of esters is 1. The van der Waals surface area contributed by atoms with Crippen LogP contribution < -0.4 is 0 Å². The van der Waals surface area contributed by atoms with E-state index in [0.29, 0.717) is 0 Å². The van der Waals surface area contributed by atoms with Gasteiger partial charge in [0.2, 0.25) is 0 Å². The highest BCUT2D eigenvalue weighted by Gasteiger charge is 2.77. The maximum Gasteiger partial charge on any atom is 0.460 e. The van der Waals surface area contributed by atoms with E-state index in [1.807, 2.05) is 0 Å². The molecule has 1 aromatic carbocycles. The molecule has 0 aromatic heterocycles. The lowest BCUT2D eigenvalue weighted by atomic mass is 10.1. The number of halogens is 8. The minimum absolute atomic E-state index is 0.154. The Morgan fingerprint density at radius 1 is 1.17 bits per heavy atom. The number of carbonyl (C=O) groups excluding carboxylic acids is 1. The summed E-state index contributed by atoms with van der Waals surface area (Å²) in [6, 6.07) is 2.62. The van der Waals surface area contributed by atoms with Gasteiger partial charge in [-0.3, -0.25) is 10.1 Å². The van der Waals surface area contributed by atoms with Gasteiger partial charge in [0, 0.05) is 11.1 Å². The van der Waals surface area contributed by atoms with Gasteiger partial charge in [-0.05, 0) is 12.1 Å². The van der Waals surface area contributed by atoms with Gasteiger partial charge in [-0.2, -0.15) is 30.7 Å². The van der Waals surface area contributed by atoms with Gasteiger partial charge in [-0.1, -0.05) is 11.6 Å². The Bertz CT molecular complexity index is 662. The number of nitro groups is 1. The molecule has 0 heterocycles. The molecule has 0 radical (unpaired) electrons. The van der Waals surface area contributed by atoms with Crippen molar-refractivity contribution >= 4 is 23.3 Å². The molecule has 0 atom stereocenters. The smallest absolute Gasteiger partial charge is 0.456 e. The minimum Gasteiger partial charge on any atom is -0.456 e. The Kier molecular flexibility index (Phi) is 5.33. The first-order valence-electron chi connectivity index (χ1n) is 5.64. The Balaban J connectivity index is 3.02. The van der Waals surface area contributed by atoms with E-state index in [1.165, 1.54) is 0 Å². The largest absolute Gasteiger partial charge is 0.460 e. The molecule has 1 aromatic rings. The van der Waals surface area contributed by atoms with Crippen molar-refractivity contribution in [2.24, 2.45) is 0 Å². The number of hydrogen-bond acceptors (Lipinski definition) is 4. The predicted molar refractivity (Wildman–Crippen MR) is 63.9 cm³/mol. The number of hydrogen-bond donors (Lipinski definition) is 0. The summed E-state index contributed by atoms with van der Waals surface area (Å²) < 4.78 is 90.8. The van der Waals surface area contributed by atoms with E-state index >= 15 is 0 Å². The molecule has 0 saturated heterocycles. The lowest BCUT2D eigenvalue weighted by Gasteiger charge is -2.26. The fourth-order valence-corrected chi connectivity index (χ4v) is 1.58. The first kappa shape index (κ1) is 19.9. The first-order chi connectivity index (χ1) is 10.7. The average molecular weight is 384 g/mol. The van der Waals surface area contributed by atoms with Gasteiger partial charge in [-0.15, -0.1) is 0 Å². The number of nitrogens with zero attached hydrogens (tertiary/aromatic N) is 1. The van der Waals surface area contributed by atoms with Crippen LogP contribution in [0, 0.1) is 10.1 Å². The normalized spacial score (nSPS) is 12.8. The number of nitro benzene ring substituents is 1. The molecule has 0 saturated carbocycles. The fraction of sp³-hybridized carbons (Fsp3) is 0.364. The van der Waals surface area contributed by atoms with E-state index in [-0.39, 0.29) is 5.02 Å². The molecule has 0 fully saturated rings. The van der Waals surface area contributed by atoms with Crippen molar-refractivity contribution in [1.82, 2.24) is 0 Å². The van der Waals surface area contributed by atoms with Crippen LogP contribution in [0.2, 0.25) is 5.02 Å². The van der Waals surface area contributed by atoms with Crippen molar-refractivity contribution in [3.63, 3.8) is 0 Å². The van der Waals surface area contributed by atoms with Gasteiger partial charge < -0.3 is 4.74 Å². The number of carbonyl (C=O) groups is 1. The zero-order chi connectivity index (χ0) is 18.9. The molecule has 5 nitrogen and oxygen atoms in total. The molecular formula is C11H5ClF7NO4. The Morgan fingerprint density at radius 3 is 2.17 bits per heavy atom. The molecule has 0 aliphatic heterocycles. The molecular weight excluding hydrogens is 379 g/mol. The fourth-order valence-electron chi connectivity index (χ4n) is 1.39. The van der Waals surface area contributed by atoms with Crippen LogP contribution in [-0.2, 0) is 16.1 Å². The van der Waals surface area contributed by atoms with E-state index in [9.17, 15) is 45.6 Å². The van der Waals surface area contributed by atoms with Gasteiger partial charge in [-0.25, -0.2) is 4.79 Å². The standard InChI is InChI=1S/C11H5ClF7NO4/c12-6-1-2-7(20(22)23)5(3-6)4-24-8(21)9(13,14)10(15,16)11(17,18)19/h1-3H,4H2. The van der Waals surface area contributed by atoms with Gasteiger partial charge in [0.15, 0.2) is 0 Å². The third-order valence-electron chi connectivity index (χ3n) is 2.60. The van der Waals surface area contributed by atoms with Crippen LogP contribution in [0.5, 0.6) is 0 Å². The van der Waals surface area contributed by atoms with Crippen molar-refractivity contribution in [2.75, 3.05) is 0 Å². The Hall–Kier alpha value is -2.11. The second-order valence-corrected chi connectivity index (χ2v) is 4.69. The Morgan fingerprint density at radius 2 is 1.71 bits per heavy atom. The molecule has 24 heavy (non-hydrogen) atoms. The molecule has 0 aliphatic rings. The predicted octanol–water partition coefficient (Wildman–Crippen LogP) is 4.12. The highest BCUT2D eigenvalue weighted by atomic mass is 35.5. The maximum atomic E-state index is 13.0. The first-order valence-corrected chi connectivity index (χ1v) is 6.02. The lowest BCUT2D eigenvalue weighted by molar-refractivity contribution is -0.386. The average Bonchev–Trinajstić information content (AvgIpc) is 2.42. The van der Waals surface area contributed by atoms with E-state index in [2.05, 4.69) is 4.74 Å². The zero-order valence-corrected chi connectivity index (χ0v) is 11.8. The molecule has 0 bridgehead atoms. The van der Waals surface area contributed by atoms with Crippen LogP contribution in [0.4, 0.5) is 36.4 Å². The summed E-state index contributed by atoms with van der Waals surface area (Å²) in [5, 5.41) is 10.5. The van der Waals surface area contributed by atoms with Crippen molar-refractivity contribution in [3.8, 4) is 0 Å².